The van der Waals surface area contributed by atoms with Crippen molar-refractivity contribution >= 4 is 17.0 Å². The summed E-state index contributed by atoms with van der Waals surface area (Å²) in [6.45, 7) is 0. The van der Waals surface area contributed by atoms with Gasteiger partial charge in [-0.1, -0.05) is 18.2 Å². The minimum Gasteiger partial charge on any atom is -0.283 e. The second kappa shape index (κ2) is 5.00. The molecule has 3 heterocycles. The maximum Gasteiger partial charge on any atom is 0.178 e. The Morgan fingerprint density at radius 3 is 2.45 bits per heavy atom. The van der Waals surface area contributed by atoms with Crippen LogP contribution in [-0.4, -0.2) is 31.2 Å². The molecule has 0 aliphatic rings. The molecule has 6 nitrogen and oxygen atoms in total. The highest BCUT2D eigenvalue weighted by atomic mass is 15.5. The van der Waals surface area contributed by atoms with E-state index in [9.17, 15) is 0 Å². The van der Waals surface area contributed by atoms with Gasteiger partial charge in [-0.25, -0.2) is 15.0 Å². The number of nitrogens with zero attached hydrogens (tertiary/aromatic N) is 6. The smallest absolute Gasteiger partial charge is 0.178 e. The van der Waals surface area contributed by atoms with Gasteiger partial charge in [0.2, 0.25) is 0 Å². The highest BCUT2D eigenvalue weighted by Gasteiger charge is 2.14. The van der Waals surface area contributed by atoms with Crippen molar-refractivity contribution in [3.63, 3.8) is 0 Å². The molecule has 0 bridgehead atoms. The summed E-state index contributed by atoms with van der Waals surface area (Å²) < 4.78 is 3.91. The molecule has 6 heteroatoms. The maximum atomic E-state index is 4.51. The van der Waals surface area contributed by atoms with E-state index in [1.54, 1.807) is 12.7 Å². The molecule has 0 saturated carbocycles. The van der Waals surface area contributed by atoms with Gasteiger partial charge in [-0.2, -0.15) is 0 Å². The molecule has 108 valence electrons. The highest BCUT2D eigenvalue weighted by Crippen LogP contribution is 2.23. The Hall–Kier alpha value is -3.15. The molecule has 0 spiro atoms. The minimum atomic E-state index is 0.760. The lowest BCUT2D eigenvalue weighted by molar-refractivity contribution is 0.767. The molecule has 0 radical (unpaired) electrons. The Kier molecular flexibility index (Phi) is 2.86. The van der Waals surface area contributed by atoms with Crippen molar-refractivity contribution in [3.05, 3.63) is 67.5 Å². The summed E-state index contributed by atoms with van der Waals surface area (Å²) in [6.07, 6.45) is 7.27. The first-order valence-electron chi connectivity index (χ1n) is 6.95. The minimum absolute atomic E-state index is 0.760. The first-order valence-corrected chi connectivity index (χ1v) is 6.95. The summed E-state index contributed by atoms with van der Waals surface area (Å²) in [5.41, 5.74) is 2.58. The predicted molar refractivity (Wildman–Crippen MR) is 84.9 cm³/mol. The summed E-state index contributed by atoms with van der Waals surface area (Å²) in [5.74, 6) is 0.760. The fraction of sp³-hybridized carbons (Fsp3) is 0.0625. The highest BCUT2D eigenvalue weighted by molar-refractivity contribution is 5.84. The van der Waals surface area contributed by atoms with E-state index in [0.717, 1.165) is 22.7 Å². The summed E-state index contributed by atoms with van der Waals surface area (Å²) in [5, 5.41) is 1.94. The second-order valence-electron chi connectivity index (χ2n) is 4.91. The molecule has 22 heavy (non-hydrogen) atoms. The molecule has 4 aromatic rings. The fourth-order valence-corrected chi connectivity index (χ4v) is 2.47. The van der Waals surface area contributed by atoms with Gasteiger partial charge in [-0.3, -0.25) is 14.3 Å². The lowest BCUT2D eigenvalue weighted by atomic mass is 10.3. The molecule has 0 amide bonds. The third kappa shape index (κ3) is 1.93. The van der Waals surface area contributed by atoms with E-state index < -0.39 is 0 Å². The molecule has 0 atom stereocenters. The van der Waals surface area contributed by atoms with Crippen LogP contribution in [0, 0.1) is 0 Å². The predicted octanol–water partition coefficient (Wildman–Crippen LogP) is 2.52. The average molecular weight is 290 g/mol. The van der Waals surface area contributed by atoms with E-state index >= 15 is 0 Å². The number of fused-ring (bicyclic) bond motifs is 1. The van der Waals surface area contributed by atoms with Crippen LogP contribution in [0.5, 0.6) is 0 Å². The van der Waals surface area contributed by atoms with Gasteiger partial charge in [0.15, 0.2) is 17.0 Å². The first-order chi connectivity index (χ1) is 10.8. The number of hydrogen-bond donors (Lipinski definition) is 0. The number of anilines is 1. The summed E-state index contributed by atoms with van der Waals surface area (Å²) in [4.78, 5) is 13.3. The molecule has 0 aliphatic carbocycles. The molecule has 0 fully saturated rings. The molecular weight excluding hydrogens is 276 g/mol. The Morgan fingerprint density at radius 1 is 0.909 bits per heavy atom. The monoisotopic (exact) mass is 290 g/mol. The molecule has 3 aromatic heterocycles. The van der Waals surface area contributed by atoms with Crippen molar-refractivity contribution in [2.75, 3.05) is 12.1 Å². The van der Waals surface area contributed by atoms with Crippen molar-refractivity contribution in [2.45, 2.75) is 0 Å². The molecule has 4 rings (SSSR count). The van der Waals surface area contributed by atoms with Crippen molar-refractivity contribution in [2.24, 2.45) is 0 Å². The first kappa shape index (κ1) is 12.6. The zero-order valence-corrected chi connectivity index (χ0v) is 12.0. The number of aromatic nitrogens is 5. The molecule has 0 N–H and O–H groups in total. The number of benzene rings is 1. The third-order valence-electron chi connectivity index (χ3n) is 3.59. The SMILES string of the molecule is CN(c1ncnc2c1ncn2-c1ccccc1)n1cccc1. The van der Waals surface area contributed by atoms with E-state index in [0.29, 0.717) is 0 Å². The van der Waals surface area contributed by atoms with Crippen LogP contribution in [0.25, 0.3) is 16.9 Å². The number of para-hydroxylation sites is 1. The van der Waals surface area contributed by atoms with Crippen molar-refractivity contribution in [1.82, 2.24) is 24.2 Å². The van der Waals surface area contributed by atoms with Crippen LogP contribution in [0.3, 0.4) is 0 Å². The van der Waals surface area contributed by atoms with Crippen molar-refractivity contribution in [1.29, 1.82) is 0 Å². The van der Waals surface area contributed by atoms with Crippen LogP contribution in [0.4, 0.5) is 5.82 Å². The lowest BCUT2D eigenvalue weighted by Crippen LogP contribution is -2.24. The Balaban J connectivity index is 1.87. The Morgan fingerprint density at radius 2 is 1.68 bits per heavy atom. The molecule has 0 saturated heterocycles. The summed E-state index contributed by atoms with van der Waals surface area (Å²) in [7, 11) is 1.95. The van der Waals surface area contributed by atoms with Gasteiger partial charge in [0.1, 0.15) is 12.7 Å². The van der Waals surface area contributed by atoms with Crippen LogP contribution in [0.2, 0.25) is 0 Å². The topological polar surface area (TPSA) is 51.8 Å². The molecular formula is C16H14N6. The Bertz CT molecular complexity index is 895. The quantitative estimate of drug-likeness (QED) is 0.582. The van der Waals surface area contributed by atoms with Crippen molar-refractivity contribution in [3.8, 4) is 5.69 Å². The van der Waals surface area contributed by atoms with Gasteiger partial charge in [0, 0.05) is 25.1 Å². The summed E-state index contributed by atoms with van der Waals surface area (Å²) in [6, 6.07) is 14.0. The van der Waals surface area contributed by atoms with E-state index in [1.165, 1.54) is 0 Å². The number of imidazole rings is 1. The van der Waals surface area contributed by atoms with Gasteiger partial charge < -0.3 is 0 Å². The van der Waals surface area contributed by atoms with Crippen LogP contribution in [0.1, 0.15) is 0 Å². The average Bonchev–Trinajstić information content (AvgIpc) is 3.24. The number of rotatable bonds is 3. The van der Waals surface area contributed by atoms with Crippen LogP contribution < -0.4 is 5.01 Å². The van der Waals surface area contributed by atoms with Crippen molar-refractivity contribution < 1.29 is 0 Å². The zero-order chi connectivity index (χ0) is 14.9. The lowest BCUT2D eigenvalue weighted by Gasteiger charge is -2.19. The standard InChI is InChI=1S/C16H14N6/c1-20(21-9-5-6-10-21)15-14-16(18-11-17-15)22(12-19-14)13-7-3-2-4-8-13/h2-12H,1H3. The van der Waals surface area contributed by atoms with Gasteiger partial charge in [0.05, 0.1) is 0 Å². The maximum absolute atomic E-state index is 4.51. The van der Waals surface area contributed by atoms with Crippen LogP contribution >= 0.6 is 0 Å². The normalized spacial score (nSPS) is 11.0. The van der Waals surface area contributed by atoms with Gasteiger partial charge in [-0.05, 0) is 24.3 Å². The molecule has 0 aliphatic heterocycles. The van der Waals surface area contributed by atoms with Crippen LogP contribution in [-0.2, 0) is 0 Å². The van der Waals surface area contributed by atoms with Gasteiger partial charge >= 0.3 is 0 Å². The van der Waals surface area contributed by atoms with E-state index in [-0.39, 0.29) is 0 Å². The molecule has 0 unspecified atom stereocenters. The number of hydrogen-bond acceptors (Lipinski definition) is 4. The van der Waals surface area contributed by atoms with Crippen LogP contribution in [0.15, 0.2) is 67.5 Å². The van der Waals surface area contributed by atoms with Gasteiger partial charge in [0.25, 0.3) is 0 Å². The fourth-order valence-electron chi connectivity index (χ4n) is 2.47. The van der Waals surface area contributed by atoms with E-state index in [1.807, 2.05) is 76.2 Å². The summed E-state index contributed by atoms with van der Waals surface area (Å²) >= 11 is 0. The third-order valence-corrected chi connectivity index (χ3v) is 3.59. The van der Waals surface area contributed by atoms with E-state index in [2.05, 4.69) is 15.0 Å². The second-order valence-corrected chi connectivity index (χ2v) is 4.91. The molecule has 1 aromatic carbocycles. The Labute approximate surface area is 127 Å². The largest absolute Gasteiger partial charge is 0.283 e. The van der Waals surface area contributed by atoms with Gasteiger partial charge in [-0.15, -0.1) is 0 Å². The zero-order valence-electron chi connectivity index (χ0n) is 12.0. The van der Waals surface area contributed by atoms with E-state index in [4.69, 9.17) is 0 Å².